The maximum atomic E-state index is 13.5. The van der Waals surface area contributed by atoms with Gasteiger partial charge in [-0.2, -0.15) is 5.10 Å². The van der Waals surface area contributed by atoms with Crippen LogP contribution in [-0.4, -0.2) is 25.1 Å². The summed E-state index contributed by atoms with van der Waals surface area (Å²) in [5.74, 6) is 0.503. The summed E-state index contributed by atoms with van der Waals surface area (Å²) in [6, 6.07) is 3.00. The van der Waals surface area contributed by atoms with Gasteiger partial charge >= 0.3 is 0 Å². The molecule has 2 N–H and O–H groups in total. The Morgan fingerprint density at radius 1 is 1.37 bits per heavy atom. The molecule has 3 aromatic rings. The molecule has 0 fully saturated rings. The van der Waals surface area contributed by atoms with E-state index in [4.69, 9.17) is 11.6 Å². The van der Waals surface area contributed by atoms with Crippen molar-refractivity contribution in [3.05, 3.63) is 35.1 Å². The van der Waals surface area contributed by atoms with Gasteiger partial charge in [0.2, 0.25) is 5.28 Å². The molecule has 0 saturated carbocycles. The highest BCUT2D eigenvalue weighted by molar-refractivity contribution is 6.28. The Morgan fingerprint density at radius 3 is 3.00 bits per heavy atom. The van der Waals surface area contributed by atoms with Crippen LogP contribution in [0.25, 0.3) is 11.0 Å². The van der Waals surface area contributed by atoms with Crippen LogP contribution >= 0.6 is 11.6 Å². The summed E-state index contributed by atoms with van der Waals surface area (Å²) in [6.45, 7) is 1.59. The fraction of sp³-hybridized carbons (Fsp3) is 0.0909. The van der Waals surface area contributed by atoms with Crippen LogP contribution in [0.15, 0.2) is 18.3 Å². The van der Waals surface area contributed by atoms with Gasteiger partial charge in [0, 0.05) is 6.20 Å². The molecule has 0 amide bonds. The van der Waals surface area contributed by atoms with Crippen LogP contribution < -0.4 is 5.32 Å². The Balaban J connectivity index is 2.04. The molecule has 0 aliphatic heterocycles. The van der Waals surface area contributed by atoms with Crippen molar-refractivity contribution in [3.63, 3.8) is 0 Å². The van der Waals surface area contributed by atoms with Crippen LogP contribution in [0.2, 0.25) is 5.28 Å². The SMILES string of the molecule is Cc1nc2[nH]nc(Nc3ccnc(Cl)n3)c2cc1F. The molecule has 0 bridgehead atoms. The van der Waals surface area contributed by atoms with Gasteiger partial charge in [-0.1, -0.05) is 0 Å². The average Bonchev–Trinajstić information content (AvgIpc) is 2.73. The van der Waals surface area contributed by atoms with Crippen molar-refractivity contribution in [2.24, 2.45) is 0 Å². The molecule has 3 rings (SSSR count). The molecule has 96 valence electrons. The average molecular weight is 279 g/mol. The van der Waals surface area contributed by atoms with E-state index >= 15 is 0 Å². The third-order valence-electron chi connectivity index (χ3n) is 2.55. The van der Waals surface area contributed by atoms with Gasteiger partial charge in [-0.15, -0.1) is 0 Å². The largest absolute Gasteiger partial charge is 0.323 e. The number of fused-ring (bicyclic) bond motifs is 1. The van der Waals surface area contributed by atoms with Gasteiger partial charge in [0.25, 0.3) is 0 Å². The highest BCUT2D eigenvalue weighted by Crippen LogP contribution is 2.23. The van der Waals surface area contributed by atoms with E-state index < -0.39 is 5.82 Å². The van der Waals surface area contributed by atoms with E-state index in [-0.39, 0.29) is 5.28 Å². The van der Waals surface area contributed by atoms with Crippen LogP contribution in [-0.2, 0) is 0 Å². The molecule has 0 spiro atoms. The first-order valence-electron chi connectivity index (χ1n) is 5.40. The minimum atomic E-state index is -0.391. The molecule has 19 heavy (non-hydrogen) atoms. The quantitative estimate of drug-likeness (QED) is 0.704. The molecular formula is C11H8ClFN6. The monoisotopic (exact) mass is 278 g/mol. The van der Waals surface area contributed by atoms with Gasteiger partial charge < -0.3 is 5.32 Å². The van der Waals surface area contributed by atoms with E-state index in [1.165, 1.54) is 12.3 Å². The number of nitrogens with one attached hydrogen (secondary N) is 2. The van der Waals surface area contributed by atoms with Gasteiger partial charge in [-0.25, -0.2) is 19.3 Å². The Kier molecular flexibility index (Phi) is 2.75. The number of rotatable bonds is 2. The second-order valence-corrected chi connectivity index (χ2v) is 4.20. The van der Waals surface area contributed by atoms with Crippen LogP contribution in [0.4, 0.5) is 16.0 Å². The van der Waals surface area contributed by atoms with Gasteiger partial charge in [0.05, 0.1) is 11.1 Å². The predicted octanol–water partition coefficient (Wildman–Crippen LogP) is 2.59. The summed E-state index contributed by atoms with van der Waals surface area (Å²) in [4.78, 5) is 11.8. The molecule has 6 nitrogen and oxygen atoms in total. The zero-order chi connectivity index (χ0) is 13.4. The third-order valence-corrected chi connectivity index (χ3v) is 2.73. The number of aryl methyl sites for hydroxylation is 1. The first kappa shape index (κ1) is 11.8. The van der Waals surface area contributed by atoms with Gasteiger partial charge in [0.1, 0.15) is 11.6 Å². The molecule has 0 aliphatic rings. The lowest BCUT2D eigenvalue weighted by Crippen LogP contribution is -1.95. The molecule has 0 radical (unpaired) electrons. The molecule has 0 aliphatic carbocycles. The van der Waals surface area contributed by atoms with Crippen LogP contribution in [0, 0.1) is 12.7 Å². The van der Waals surface area contributed by atoms with E-state index in [9.17, 15) is 4.39 Å². The number of nitrogens with zero attached hydrogens (tertiary/aromatic N) is 4. The fourth-order valence-corrected chi connectivity index (χ4v) is 1.78. The molecule has 3 heterocycles. The van der Waals surface area contributed by atoms with Crippen LogP contribution in [0.5, 0.6) is 0 Å². The minimum Gasteiger partial charge on any atom is -0.323 e. The van der Waals surface area contributed by atoms with E-state index in [1.54, 1.807) is 13.0 Å². The smallest absolute Gasteiger partial charge is 0.224 e. The van der Waals surface area contributed by atoms with Crippen molar-refractivity contribution in [2.75, 3.05) is 5.32 Å². The summed E-state index contributed by atoms with van der Waals surface area (Å²) < 4.78 is 13.5. The molecule has 0 saturated heterocycles. The number of hydrogen-bond donors (Lipinski definition) is 2. The molecule has 8 heteroatoms. The van der Waals surface area contributed by atoms with Crippen molar-refractivity contribution in [1.82, 2.24) is 25.1 Å². The van der Waals surface area contributed by atoms with Crippen LogP contribution in [0.3, 0.4) is 0 Å². The summed E-state index contributed by atoms with van der Waals surface area (Å²) in [6.07, 6.45) is 1.51. The molecule has 0 atom stereocenters. The summed E-state index contributed by atoms with van der Waals surface area (Å²) in [5, 5.41) is 10.3. The second kappa shape index (κ2) is 4.43. The molecular weight excluding hydrogens is 271 g/mol. The normalized spacial score (nSPS) is 10.9. The van der Waals surface area contributed by atoms with E-state index in [0.29, 0.717) is 28.4 Å². The number of H-pyrrole nitrogens is 1. The number of anilines is 2. The number of hydrogen-bond acceptors (Lipinski definition) is 5. The third kappa shape index (κ3) is 2.19. The number of pyridine rings is 1. The van der Waals surface area contributed by atoms with Crippen molar-refractivity contribution >= 4 is 34.3 Å². The zero-order valence-electron chi connectivity index (χ0n) is 9.78. The van der Waals surface area contributed by atoms with E-state index in [0.717, 1.165) is 0 Å². The lowest BCUT2D eigenvalue weighted by atomic mass is 10.3. The Bertz CT molecular complexity index is 756. The lowest BCUT2D eigenvalue weighted by molar-refractivity contribution is 0.613. The second-order valence-electron chi connectivity index (χ2n) is 3.86. The zero-order valence-corrected chi connectivity index (χ0v) is 10.5. The van der Waals surface area contributed by atoms with Gasteiger partial charge in [0.15, 0.2) is 11.5 Å². The number of aromatic nitrogens is 5. The number of aromatic amines is 1. The molecule has 0 unspecified atom stereocenters. The van der Waals surface area contributed by atoms with Crippen molar-refractivity contribution in [1.29, 1.82) is 0 Å². The summed E-state index contributed by atoms with van der Waals surface area (Å²) in [5.41, 5.74) is 0.814. The summed E-state index contributed by atoms with van der Waals surface area (Å²) in [7, 11) is 0. The predicted molar refractivity (Wildman–Crippen MR) is 68.9 cm³/mol. The maximum absolute atomic E-state index is 13.5. The standard InChI is InChI=1S/C11H8ClFN6/c1-5-7(13)4-6-9(15-5)18-19-10(6)16-8-2-3-14-11(12)17-8/h2-4H,1H3,(H2,14,15,16,17,18,19). The highest BCUT2D eigenvalue weighted by Gasteiger charge is 2.11. The Hall–Kier alpha value is -2.28. The Labute approximate surface area is 112 Å². The topological polar surface area (TPSA) is 79.4 Å². The van der Waals surface area contributed by atoms with Crippen molar-refractivity contribution < 1.29 is 4.39 Å². The first-order valence-corrected chi connectivity index (χ1v) is 5.78. The molecule has 0 aromatic carbocycles. The number of halogens is 2. The van der Waals surface area contributed by atoms with Crippen molar-refractivity contribution in [2.45, 2.75) is 6.92 Å². The maximum Gasteiger partial charge on any atom is 0.224 e. The van der Waals surface area contributed by atoms with E-state index in [2.05, 4.69) is 30.5 Å². The summed E-state index contributed by atoms with van der Waals surface area (Å²) >= 11 is 5.69. The fourth-order valence-electron chi connectivity index (χ4n) is 1.64. The van der Waals surface area contributed by atoms with Gasteiger partial charge in [-0.3, -0.25) is 5.10 Å². The Morgan fingerprint density at radius 2 is 2.21 bits per heavy atom. The minimum absolute atomic E-state index is 0.116. The highest BCUT2D eigenvalue weighted by atomic mass is 35.5. The molecule has 3 aromatic heterocycles. The lowest BCUT2D eigenvalue weighted by Gasteiger charge is -2.02. The van der Waals surface area contributed by atoms with Crippen molar-refractivity contribution in [3.8, 4) is 0 Å². The van der Waals surface area contributed by atoms with Gasteiger partial charge in [-0.05, 0) is 30.7 Å². The first-order chi connectivity index (χ1) is 9.13. The van der Waals surface area contributed by atoms with Crippen LogP contribution in [0.1, 0.15) is 5.69 Å². The van der Waals surface area contributed by atoms with E-state index in [1.807, 2.05) is 0 Å².